The van der Waals surface area contributed by atoms with Gasteiger partial charge in [-0.25, -0.2) is 4.79 Å². The van der Waals surface area contributed by atoms with Crippen LogP contribution in [0.5, 0.6) is 5.75 Å². The fourth-order valence-corrected chi connectivity index (χ4v) is 2.11. The Labute approximate surface area is 141 Å². The average Bonchev–Trinajstić information content (AvgIpc) is 2.57. The quantitative estimate of drug-likeness (QED) is 0.824. The Hall–Kier alpha value is -2.82. The van der Waals surface area contributed by atoms with Crippen LogP contribution in [0.1, 0.15) is 29.8 Å². The summed E-state index contributed by atoms with van der Waals surface area (Å²) in [7, 11) is 0. The first-order valence-corrected chi connectivity index (χ1v) is 7.81. The number of benzene rings is 2. The van der Waals surface area contributed by atoms with Crippen LogP contribution in [0.15, 0.2) is 48.5 Å². The number of amides is 1. The van der Waals surface area contributed by atoms with E-state index in [-0.39, 0.29) is 5.91 Å². The molecule has 0 aliphatic rings. The topological polar surface area (TPSA) is 64.6 Å². The molecular weight excluding hydrogens is 306 g/mol. The Morgan fingerprint density at radius 1 is 1.12 bits per heavy atom. The number of aryl methyl sites for hydroxylation is 1. The highest BCUT2D eigenvalue weighted by Crippen LogP contribution is 2.19. The number of carbonyl (C=O) groups excluding carboxylic acids is 2. The van der Waals surface area contributed by atoms with Crippen molar-refractivity contribution in [2.75, 3.05) is 11.9 Å². The minimum Gasteiger partial charge on any atom is -0.481 e. The lowest BCUT2D eigenvalue weighted by Crippen LogP contribution is -2.30. The van der Waals surface area contributed by atoms with Gasteiger partial charge in [0.25, 0.3) is 5.91 Å². The summed E-state index contributed by atoms with van der Waals surface area (Å²) in [6.07, 6.45) is -0.669. The summed E-state index contributed by atoms with van der Waals surface area (Å²) in [5, 5.41) is 2.75. The Bertz CT molecular complexity index is 727. The minimum atomic E-state index is -0.669. The number of anilines is 1. The van der Waals surface area contributed by atoms with Gasteiger partial charge in [-0.2, -0.15) is 0 Å². The second kappa shape index (κ2) is 8.15. The van der Waals surface area contributed by atoms with E-state index in [1.54, 1.807) is 38.1 Å². The van der Waals surface area contributed by atoms with Gasteiger partial charge in [-0.1, -0.05) is 24.3 Å². The summed E-state index contributed by atoms with van der Waals surface area (Å²) in [5.41, 5.74) is 1.87. The number of ether oxygens (including phenoxy) is 2. The van der Waals surface area contributed by atoms with Crippen molar-refractivity contribution in [1.82, 2.24) is 0 Å². The van der Waals surface area contributed by atoms with Crippen LogP contribution in [-0.4, -0.2) is 24.6 Å². The van der Waals surface area contributed by atoms with Gasteiger partial charge >= 0.3 is 5.97 Å². The van der Waals surface area contributed by atoms with Crippen molar-refractivity contribution < 1.29 is 19.1 Å². The van der Waals surface area contributed by atoms with E-state index in [9.17, 15) is 9.59 Å². The molecule has 0 bridgehead atoms. The minimum absolute atomic E-state index is 0.292. The van der Waals surface area contributed by atoms with Crippen LogP contribution >= 0.6 is 0 Å². The second-order valence-corrected chi connectivity index (χ2v) is 5.32. The standard InChI is InChI=1S/C19H21NO4/c1-4-23-19(22)15-9-7-10-16(12-15)20-18(21)14(3)24-17-11-6-5-8-13(17)2/h5-12,14H,4H2,1-3H3,(H,20,21). The van der Waals surface area contributed by atoms with Crippen LogP contribution in [0.25, 0.3) is 0 Å². The SMILES string of the molecule is CCOC(=O)c1cccc(NC(=O)C(C)Oc2ccccc2C)c1. The van der Waals surface area contributed by atoms with Crippen molar-refractivity contribution in [3.63, 3.8) is 0 Å². The first-order valence-electron chi connectivity index (χ1n) is 7.81. The zero-order valence-corrected chi connectivity index (χ0v) is 14.0. The fraction of sp³-hybridized carbons (Fsp3) is 0.263. The third-order valence-electron chi connectivity index (χ3n) is 3.41. The normalized spacial score (nSPS) is 11.5. The molecule has 0 fully saturated rings. The maximum absolute atomic E-state index is 12.3. The van der Waals surface area contributed by atoms with Gasteiger partial charge < -0.3 is 14.8 Å². The van der Waals surface area contributed by atoms with Gasteiger partial charge in [0.2, 0.25) is 0 Å². The highest BCUT2D eigenvalue weighted by molar-refractivity contribution is 5.96. The molecule has 0 radical (unpaired) electrons. The Morgan fingerprint density at radius 2 is 1.88 bits per heavy atom. The van der Waals surface area contributed by atoms with E-state index in [1.807, 2.05) is 31.2 Å². The largest absolute Gasteiger partial charge is 0.481 e. The molecule has 0 aliphatic heterocycles. The predicted molar refractivity (Wildman–Crippen MR) is 92.3 cm³/mol. The molecule has 1 amide bonds. The van der Waals surface area contributed by atoms with Crippen molar-refractivity contribution in [1.29, 1.82) is 0 Å². The molecule has 2 rings (SSSR count). The first-order chi connectivity index (χ1) is 11.5. The smallest absolute Gasteiger partial charge is 0.338 e. The van der Waals surface area contributed by atoms with E-state index in [0.29, 0.717) is 23.6 Å². The van der Waals surface area contributed by atoms with Crippen molar-refractivity contribution in [2.24, 2.45) is 0 Å². The number of rotatable bonds is 6. The zero-order chi connectivity index (χ0) is 17.5. The lowest BCUT2D eigenvalue weighted by Gasteiger charge is -2.16. The molecule has 0 aliphatic carbocycles. The molecule has 2 aromatic carbocycles. The maximum atomic E-state index is 12.3. The Balaban J connectivity index is 2.02. The number of para-hydroxylation sites is 1. The maximum Gasteiger partial charge on any atom is 0.338 e. The molecule has 1 N–H and O–H groups in total. The summed E-state index contributed by atoms with van der Waals surface area (Å²) < 4.78 is 10.6. The van der Waals surface area contributed by atoms with Crippen LogP contribution in [0.3, 0.4) is 0 Å². The summed E-state index contributed by atoms with van der Waals surface area (Å²) in [5.74, 6) is -0.0440. The van der Waals surface area contributed by atoms with Gasteiger partial charge in [-0.15, -0.1) is 0 Å². The molecule has 5 heteroatoms. The second-order valence-electron chi connectivity index (χ2n) is 5.32. The van der Waals surface area contributed by atoms with Crippen LogP contribution in [0, 0.1) is 6.92 Å². The van der Waals surface area contributed by atoms with E-state index in [0.717, 1.165) is 5.56 Å². The highest BCUT2D eigenvalue weighted by atomic mass is 16.5. The summed E-state index contributed by atoms with van der Waals surface area (Å²) >= 11 is 0. The van der Waals surface area contributed by atoms with E-state index in [4.69, 9.17) is 9.47 Å². The number of esters is 1. The van der Waals surface area contributed by atoms with E-state index in [2.05, 4.69) is 5.32 Å². The van der Waals surface area contributed by atoms with Crippen molar-refractivity contribution in [3.05, 3.63) is 59.7 Å². The fourth-order valence-electron chi connectivity index (χ4n) is 2.11. The summed E-state index contributed by atoms with van der Waals surface area (Å²) in [4.78, 5) is 24.0. The molecule has 1 unspecified atom stereocenters. The van der Waals surface area contributed by atoms with E-state index in [1.165, 1.54) is 0 Å². The van der Waals surface area contributed by atoms with Crippen LogP contribution in [0.4, 0.5) is 5.69 Å². The van der Waals surface area contributed by atoms with Gasteiger partial charge in [0.05, 0.1) is 12.2 Å². The molecule has 2 aromatic rings. The average molecular weight is 327 g/mol. The third kappa shape index (κ3) is 4.59. The Kier molecular flexibility index (Phi) is 5.95. The Morgan fingerprint density at radius 3 is 2.58 bits per heavy atom. The van der Waals surface area contributed by atoms with Crippen molar-refractivity contribution in [3.8, 4) is 5.75 Å². The van der Waals surface area contributed by atoms with Gasteiger partial charge in [0.1, 0.15) is 5.75 Å². The number of hydrogen-bond acceptors (Lipinski definition) is 4. The monoisotopic (exact) mass is 327 g/mol. The van der Waals surface area contributed by atoms with Gasteiger partial charge in [0, 0.05) is 5.69 Å². The first kappa shape index (κ1) is 17.5. The molecule has 1 atom stereocenters. The lowest BCUT2D eigenvalue weighted by molar-refractivity contribution is -0.122. The predicted octanol–water partition coefficient (Wildman–Crippen LogP) is 3.58. The number of hydrogen-bond donors (Lipinski definition) is 1. The van der Waals surface area contributed by atoms with Crippen molar-refractivity contribution in [2.45, 2.75) is 26.9 Å². The van der Waals surface area contributed by atoms with Crippen LogP contribution < -0.4 is 10.1 Å². The summed E-state index contributed by atoms with van der Waals surface area (Å²) in [6.45, 7) is 5.64. The van der Waals surface area contributed by atoms with E-state index < -0.39 is 12.1 Å². The molecule has 0 saturated carbocycles. The molecule has 126 valence electrons. The summed E-state index contributed by atoms with van der Waals surface area (Å²) in [6, 6.07) is 14.1. The van der Waals surface area contributed by atoms with Gasteiger partial charge in [0.15, 0.2) is 6.10 Å². The highest BCUT2D eigenvalue weighted by Gasteiger charge is 2.16. The number of nitrogens with one attached hydrogen (secondary N) is 1. The molecular formula is C19H21NO4. The van der Waals surface area contributed by atoms with Gasteiger partial charge in [-0.05, 0) is 50.6 Å². The van der Waals surface area contributed by atoms with Crippen LogP contribution in [0.2, 0.25) is 0 Å². The third-order valence-corrected chi connectivity index (χ3v) is 3.41. The zero-order valence-electron chi connectivity index (χ0n) is 14.0. The van der Waals surface area contributed by atoms with E-state index >= 15 is 0 Å². The van der Waals surface area contributed by atoms with Crippen molar-refractivity contribution >= 4 is 17.6 Å². The molecule has 0 saturated heterocycles. The lowest BCUT2D eigenvalue weighted by atomic mass is 10.2. The molecule has 24 heavy (non-hydrogen) atoms. The number of carbonyl (C=O) groups is 2. The van der Waals surface area contributed by atoms with Gasteiger partial charge in [-0.3, -0.25) is 4.79 Å². The molecule has 0 heterocycles. The molecule has 0 spiro atoms. The molecule has 5 nitrogen and oxygen atoms in total. The molecule has 0 aromatic heterocycles. The van der Waals surface area contributed by atoms with Crippen LogP contribution in [-0.2, 0) is 9.53 Å².